The molecule has 3 nitrogen and oxygen atoms in total. The van der Waals surface area contributed by atoms with Crippen molar-refractivity contribution in [3.63, 3.8) is 0 Å². The fourth-order valence-corrected chi connectivity index (χ4v) is 4.77. The van der Waals surface area contributed by atoms with Gasteiger partial charge in [-0.1, -0.05) is 24.6 Å². The molecular weight excluding hydrogens is 280 g/mol. The maximum absolute atomic E-state index is 5.27. The van der Waals surface area contributed by atoms with E-state index in [0.717, 1.165) is 5.75 Å². The second-order valence-electron chi connectivity index (χ2n) is 5.94. The first-order chi connectivity index (χ1) is 10.3. The summed E-state index contributed by atoms with van der Waals surface area (Å²) in [7, 11) is 1.71. The Labute approximate surface area is 130 Å². The van der Waals surface area contributed by atoms with Gasteiger partial charge in [0.2, 0.25) is 0 Å². The van der Waals surface area contributed by atoms with Gasteiger partial charge < -0.3 is 9.64 Å². The van der Waals surface area contributed by atoms with E-state index in [1.165, 1.54) is 47.0 Å². The molecule has 1 aliphatic carbocycles. The van der Waals surface area contributed by atoms with E-state index in [1.807, 2.05) is 23.9 Å². The summed E-state index contributed by atoms with van der Waals surface area (Å²) in [6.45, 7) is 2.21. The van der Waals surface area contributed by atoms with Gasteiger partial charge in [0.1, 0.15) is 5.75 Å². The van der Waals surface area contributed by atoms with Crippen LogP contribution >= 0.6 is 11.8 Å². The Morgan fingerprint density at radius 1 is 1.19 bits per heavy atom. The third-order valence-electron chi connectivity index (χ3n) is 4.69. The summed E-state index contributed by atoms with van der Waals surface area (Å²) in [5.74, 6) is 0.911. The number of fused-ring (bicyclic) bond motifs is 3. The molecule has 1 aromatic carbocycles. The molecule has 0 saturated heterocycles. The van der Waals surface area contributed by atoms with Crippen LogP contribution < -0.4 is 4.74 Å². The number of methoxy groups -OCH3 is 1. The molecule has 21 heavy (non-hydrogen) atoms. The van der Waals surface area contributed by atoms with Crippen LogP contribution in [0.3, 0.4) is 0 Å². The highest BCUT2D eigenvalue weighted by Gasteiger charge is 2.43. The number of allylic oxidation sites excluding steroid dienone is 1. The molecule has 3 aliphatic rings. The molecule has 1 aromatic rings. The van der Waals surface area contributed by atoms with Crippen LogP contribution in [-0.4, -0.2) is 29.3 Å². The lowest BCUT2D eigenvalue weighted by atomic mass is 9.90. The Balaban J connectivity index is 1.70. The highest BCUT2D eigenvalue weighted by atomic mass is 32.2. The van der Waals surface area contributed by atoms with Crippen LogP contribution in [0.25, 0.3) is 5.70 Å². The maximum atomic E-state index is 5.27. The molecular formula is C17H20N2OS. The van der Waals surface area contributed by atoms with Gasteiger partial charge in [0, 0.05) is 4.91 Å². The Morgan fingerprint density at radius 2 is 1.95 bits per heavy atom. The first-order valence-electron chi connectivity index (χ1n) is 7.68. The standard InChI is InChI=1S/C17H20N2OS/c1-11-16(12-7-9-13(20-2)10-8-12)19-15-6-4-3-5-14(15)18-17(19)21-11/h7-10,14-15H,3-6H2,1-2H3/t14-,15-/m0/s1. The SMILES string of the molecule is COc1ccc(C2=C(C)SC3=N[C@H]4CCCC[C@@H]4N32)cc1. The second-order valence-corrected chi connectivity index (χ2v) is 7.12. The Bertz CT molecular complexity index is 620. The minimum absolute atomic E-state index is 0.516. The number of nitrogens with zero attached hydrogens (tertiary/aromatic N) is 2. The van der Waals surface area contributed by atoms with E-state index in [2.05, 4.69) is 24.0 Å². The summed E-state index contributed by atoms with van der Waals surface area (Å²) >= 11 is 1.84. The largest absolute Gasteiger partial charge is 0.497 e. The zero-order chi connectivity index (χ0) is 14.4. The van der Waals surface area contributed by atoms with Crippen LogP contribution in [0.15, 0.2) is 34.2 Å². The topological polar surface area (TPSA) is 24.8 Å². The summed E-state index contributed by atoms with van der Waals surface area (Å²) in [6, 6.07) is 9.51. The van der Waals surface area contributed by atoms with E-state index in [9.17, 15) is 0 Å². The molecule has 0 unspecified atom stereocenters. The molecule has 4 rings (SSSR count). The highest BCUT2D eigenvalue weighted by Crippen LogP contribution is 2.47. The van der Waals surface area contributed by atoms with Crippen molar-refractivity contribution in [1.29, 1.82) is 0 Å². The molecule has 4 heteroatoms. The van der Waals surface area contributed by atoms with Gasteiger partial charge in [-0.25, -0.2) is 0 Å². The maximum Gasteiger partial charge on any atom is 0.169 e. The number of aliphatic imine (C=N–C) groups is 1. The molecule has 0 spiro atoms. The van der Waals surface area contributed by atoms with Crippen LogP contribution in [0.2, 0.25) is 0 Å². The van der Waals surface area contributed by atoms with Crippen molar-refractivity contribution in [2.75, 3.05) is 7.11 Å². The quantitative estimate of drug-likeness (QED) is 0.821. The Hall–Kier alpha value is -1.42. The molecule has 0 amide bonds. The second kappa shape index (κ2) is 5.09. The molecule has 110 valence electrons. The highest BCUT2D eigenvalue weighted by molar-refractivity contribution is 8.17. The summed E-state index contributed by atoms with van der Waals surface area (Å²) in [5.41, 5.74) is 2.63. The number of benzene rings is 1. The van der Waals surface area contributed by atoms with Crippen LogP contribution in [0.5, 0.6) is 5.75 Å². The van der Waals surface area contributed by atoms with Crippen molar-refractivity contribution in [1.82, 2.24) is 4.90 Å². The fraction of sp³-hybridized carbons (Fsp3) is 0.471. The van der Waals surface area contributed by atoms with Crippen molar-refractivity contribution in [2.45, 2.75) is 44.7 Å². The van der Waals surface area contributed by atoms with Gasteiger partial charge in [-0.15, -0.1) is 0 Å². The fourth-order valence-electron chi connectivity index (χ4n) is 3.67. The number of hydrogen-bond donors (Lipinski definition) is 0. The molecule has 1 saturated carbocycles. The van der Waals surface area contributed by atoms with Crippen LogP contribution in [-0.2, 0) is 0 Å². The zero-order valence-electron chi connectivity index (χ0n) is 12.5. The van der Waals surface area contributed by atoms with E-state index in [1.54, 1.807) is 7.11 Å². The monoisotopic (exact) mass is 300 g/mol. The van der Waals surface area contributed by atoms with Crippen LogP contribution in [0.4, 0.5) is 0 Å². The summed E-state index contributed by atoms with van der Waals surface area (Å²) in [6.07, 6.45) is 5.18. The zero-order valence-corrected chi connectivity index (χ0v) is 13.3. The van der Waals surface area contributed by atoms with Gasteiger partial charge in [0.05, 0.1) is 24.9 Å². The van der Waals surface area contributed by atoms with Crippen molar-refractivity contribution in [3.05, 3.63) is 34.7 Å². The van der Waals surface area contributed by atoms with E-state index < -0.39 is 0 Å². The molecule has 2 atom stereocenters. The van der Waals surface area contributed by atoms with Crippen molar-refractivity contribution in [3.8, 4) is 5.75 Å². The summed E-state index contributed by atoms with van der Waals surface area (Å²) < 4.78 is 5.27. The van der Waals surface area contributed by atoms with E-state index in [4.69, 9.17) is 9.73 Å². The molecule has 2 heterocycles. The minimum Gasteiger partial charge on any atom is -0.497 e. The molecule has 0 radical (unpaired) electrons. The number of amidine groups is 1. The van der Waals surface area contributed by atoms with Gasteiger partial charge in [-0.2, -0.15) is 0 Å². The third-order valence-corrected chi connectivity index (χ3v) is 5.67. The smallest absolute Gasteiger partial charge is 0.169 e. The molecule has 0 N–H and O–H groups in total. The Kier molecular flexibility index (Phi) is 3.21. The Morgan fingerprint density at radius 3 is 2.71 bits per heavy atom. The van der Waals surface area contributed by atoms with Gasteiger partial charge >= 0.3 is 0 Å². The summed E-state index contributed by atoms with van der Waals surface area (Å²) in [5, 5.41) is 1.22. The molecule has 0 bridgehead atoms. The molecule has 0 aromatic heterocycles. The van der Waals surface area contributed by atoms with Gasteiger partial charge in [0.15, 0.2) is 5.17 Å². The number of hydrogen-bond acceptors (Lipinski definition) is 4. The predicted octanol–water partition coefficient (Wildman–Crippen LogP) is 4.11. The third kappa shape index (κ3) is 2.08. The van der Waals surface area contributed by atoms with Crippen molar-refractivity contribution in [2.24, 2.45) is 4.99 Å². The van der Waals surface area contributed by atoms with Crippen molar-refractivity contribution >= 4 is 22.6 Å². The number of thioether (sulfide) groups is 1. The van der Waals surface area contributed by atoms with Gasteiger partial charge in [0.25, 0.3) is 0 Å². The lowest BCUT2D eigenvalue weighted by molar-refractivity contribution is 0.305. The lowest BCUT2D eigenvalue weighted by Crippen LogP contribution is -2.38. The lowest BCUT2D eigenvalue weighted by Gasteiger charge is -2.32. The first kappa shape index (κ1) is 13.3. The van der Waals surface area contributed by atoms with E-state index in [-0.39, 0.29) is 0 Å². The normalized spacial score (nSPS) is 27.5. The molecule has 1 fully saturated rings. The minimum atomic E-state index is 0.516. The first-order valence-corrected chi connectivity index (χ1v) is 8.50. The summed E-state index contributed by atoms with van der Waals surface area (Å²) in [4.78, 5) is 8.84. The van der Waals surface area contributed by atoms with Crippen molar-refractivity contribution < 1.29 is 4.74 Å². The number of ether oxygens (including phenoxy) is 1. The van der Waals surface area contributed by atoms with E-state index >= 15 is 0 Å². The number of rotatable bonds is 2. The molecule has 2 aliphatic heterocycles. The van der Waals surface area contributed by atoms with Gasteiger partial charge in [-0.3, -0.25) is 4.99 Å². The van der Waals surface area contributed by atoms with Crippen LogP contribution in [0.1, 0.15) is 38.2 Å². The van der Waals surface area contributed by atoms with Gasteiger partial charge in [-0.05, 0) is 49.6 Å². The van der Waals surface area contributed by atoms with Crippen LogP contribution in [0, 0.1) is 0 Å². The van der Waals surface area contributed by atoms with E-state index in [0.29, 0.717) is 12.1 Å². The average Bonchev–Trinajstić information content (AvgIpc) is 3.02. The predicted molar refractivity (Wildman–Crippen MR) is 88.5 cm³/mol. The average molecular weight is 300 g/mol.